The minimum absolute atomic E-state index is 0.112. The van der Waals surface area contributed by atoms with E-state index in [9.17, 15) is 9.90 Å². The van der Waals surface area contributed by atoms with Gasteiger partial charge in [0, 0.05) is 5.69 Å². The molecule has 3 nitrogen and oxygen atoms in total. The van der Waals surface area contributed by atoms with Gasteiger partial charge in [0.1, 0.15) is 5.75 Å². The number of hydrogen-bond acceptors (Lipinski definition) is 2. The van der Waals surface area contributed by atoms with Crippen molar-refractivity contribution in [3.8, 4) is 5.75 Å². The van der Waals surface area contributed by atoms with Gasteiger partial charge in [-0.15, -0.1) is 0 Å². The first-order valence-electron chi connectivity index (χ1n) is 8.15. The van der Waals surface area contributed by atoms with Crippen LogP contribution in [0.2, 0.25) is 0 Å². The van der Waals surface area contributed by atoms with Crippen molar-refractivity contribution >= 4 is 11.6 Å². The fraction of sp³-hybridized carbons (Fsp3) is 0.611. The molecule has 0 saturated heterocycles. The molecule has 4 aliphatic carbocycles. The first kappa shape index (κ1) is 13.2. The van der Waals surface area contributed by atoms with Gasteiger partial charge in [0.15, 0.2) is 0 Å². The number of hydrogen-bond donors (Lipinski definition) is 2. The van der Waals surface area contributed by atoms with E-state index in [2.05, 4.69) is 5.32 Å². The Morgan fingerprint density at radius 2 is 1.71 bits per heavy atom. The van der Waals surface area contributed by atoms with E-state index >= 15 is 0 Å². The van der Waals surface area contributed by atoms with Gasteiger partial charge in [0.25, 0.3) is 0 Å². The Morgan fingerprint density at radius 1 is 1.14 bits per heavy atom. The normalized spacial score (nSPS) is 36.7. The van der Waals surface area contributed by atoms with E-state index in [-0.39, 0.29) is 17.1 Å². The molecule has 4 fully saturated rings. The summed E-state index contributed by atoms with van der Waals surface area (Å²) in [6, 6.07) is 5.15. The Kier molecular flexibility index (Phi) is 2.82. The van der Waals surface area contributed by atoms with Crippen LogP contribution >= 0.6 is 0 Å². The summed E-state index contributed by atoms with van der Waals surface area (Å²) in [5.41, 5.74) is 1.65. The molecule has 1 aromatic rings. The van der Waals surface area contributed by atoms with Crippen LogP contribution in [-0.2, 0) is 4.79 Å². The highest BCUT2D eigenvalue weighted by Crippen LogP contribution is 2.60. The molecule has 0 aliphatic heterocycles. The molecule has 0 aromatic heterocycles. The van der Waals surface area contributed by atoms with Gasteiger partial charge in [-0.25, -0.2) is 0 Å². The second-order valence-corrected chi connectivity index (χ2v) is 7.65. The number of aryl methyl sites for hydroxylation is 1. The maximum Gasteiger partial charge on any atom is 0.230 e. The van der Waals surface area contributed by atoms with Gasteiger partial charge in [-0.1, -0.05) is 0 Å². The van der Waals surface area contributed by atoms with Gasteiger partial charge in [-0.2, -0.15) is 0 Å². The van der Waals surface area contributed by atoms with Crippen LogP contribution in [-0.4, -0.2) is 11.0 Å². The zero-order chi connectivity index (χ0) is 14.6. The smallest absolute Gasteiger partial charge is 0.230 e. The van der Waals surface area contributed by atoms with E-state index < -0.39 is 0 Å². The van der Waals surface area contributed by atoms with Crippen LogP contribution in [0.3, 0.4) is 0 Å². The second kappa shape index (κ2) is 4.49. The number of carbonyl (C=O) groups excluding carboxylic acids is 1. The van der Waals surface area contributed by atoms with E-state index in [0.717, 1.165) is 48.3 Å². The van der Waals surface area contributed by atoms with Crippen molar-refractivity contribution in [1.29, 1.82) is 0 Å². The van der Waals surface area contributed by atoms with Crippen molar-refractivity contribution in [3.63, 3.8) is 0 Å². The van der Waals surface area contributed by atoms with Crippen molar-refractivity contribution in [3.05, 3.63) is 23.8 Å². The highest BCUT2D eigenvalue weighted by molar-refractivity contribution is 5.96. The number of carbonyl (C=O) groups is 1. The minimum Gasteiger partial charge on any atom is -0.508 e. The molecule has 3 heteroatoms. The van der Waals surface area contributed by atoms with E-state index in [0.29, 0.717) is 0 Å². The van der Waals surface area contributed by atoms with E-state index in [1.807, 2.05) is 13.0 Å². The largest absolute Gasteiger partial charge is 0.508 e. The third kappa shape index (κ3) is 2.14. The molecule has 0 atom stereocenters. The highest BCUT2D eigenvalue weighted by atomic mass is 16.3. The number of nitrogens with one attached hydrogen (secondary N) is 1. The number of phenols is 1. The number of phenolic OH excluding ortho intramolecular Hbond substituents is 1. The summed E-state index contributed by atoms with van der Waals surface area (Å²) in [4.78, 5) is 12.9. The number of anilines is 1. The molecule has 4 aliphatic rings. The van der Waals surface area contributed by atoms with Crippen LogP contribution in [0.1, 0.15) is 44.1 Å². The van der Waals surface area contributed by atoms with Gasteiger partial charge in [0.05, 0.1) is 5.41 Å². The fourth-order valence-corrected chi connectivity index (χ4v) is 5.43. The SMILES string of the molecule is Cc1cc(O)ccc1NC(=O)C12CC3CC(CC(C3)C1)C2. The molecule has 1 aromatic carbocycles. The number of rotatable bonds is 2. The number of aromatic hydroxyl groups is 1. The standard InChI is InChI=1S/C18H23NO2/c1-11-4-15(20)2-3-16(11)19-17(21)18-8-12-5-13(9-18)7-14(6-12)10-18/h2-4,12-14,20H,5-10H2,1H3,(H,19,21). The summed E-state index contributed by atoms with van der Waals surface area (Å²) in [5.74, 6) is 2.81. The van der Waals surface area contributed by atoms with Crippen LogP contribution in [0.4, 0.5) is 5.69 Å². The molecular weight excluding hydrogens is 262 g/mol. The third-order valence-electron chi connectivity index (χ3n) is 5.98. The topological polar surface area (TPSA) is 49.3 Å². The summed E-state index contributed by atoms with van der Waals surface area (Å²) >= 11 is 0. The molecule has 2 N–H and O–H groups in total. The van der Waals surface area contributed by atoms with Crippen LogP contribution < -0.4 is 5.32 Å². The molecular formula is C18H23NO2. The quantitative estimate of drug-likeness (QED) is 0.811. The van der Waals surface area contributed by atoms with Crippen molar-refractivity contribution in [1.82, 2.24) is 0 Å². The summed E-state index contributed by atoms with van der Waals surface area (Å²) in [7, 11) is 0. The van der Waals surface area contributed by atoms with Crippen LogP contribution in [0.25, 0.3) is 0 Å². The lowest BCUT2D eigenvalue weighted by Crippen LogP contribution is -2.51. The predicted octanol–water partition coefficient (Wildman–Crippen LogP) is 3.86. The molecule has 1 amide bonds. The van der Waals surface area contributed by atoms with E-state index in [4.69, 9.17) is 0 Å². The molecule has 112 valence electrons. The summed E-state index contributed by atoms with van der Waals surface area (Å²) in [6.45, 7) is 1.93. The van der Waals surface area contributed by atoms with E-state index in [1.54, 1.807) is 12.1 Å². The van der Waals surface area contributed by atoms with Gasteiger partial charge >= 0.3 is 0 Å². The van der Waals surface area contributed by atoms with Gasteiger partial charge in [-0.3, -0.25) is 4.79 Å². The zero-order valence-corrected chi connectivity index (χ0v) is 12.6. The Hall–Kier alpha value is -1.51. The van der Waals surface area contributed by atoms with Crippen molar-refractivity contribution in [2.45, 2.75) is 45.4 Å². The highest BCUT2D eigenvalue weighted by Gasteiger charge is 2.54. The summed E-state index contributed by atoms with van der Waals surface area (Å²) in [5, 5.41) is 12.6. The first-order valence-corrected chi connectivity index (χ1v) is 8.15. The molecule has 5 rings (SSSR count). The molecule has 4 bridgehead atoms. The first-order chi connectivity index (χ1) is 10.0. The molecule has 0 radical (unpaired) electrons. The van der Waals surface area contributed by atoms with Crippen LogP contribution in [0.15, 0.2) is 18.2 Å². The van der Waals surface area contributed by atoms with Crippen molar-refractivity contribution in [2.75, 3.05) is 5.32 Å². The second-order valence-electron chi connectivity index (χ2n) is 7.65. The predicted molar refractivity (Wildman–Crippen MR) is 82.1 cm³/mol. The monoisotopic (exact) mass is 285 g/mol. The Morgan fingerprint density at radius 3 is 2.24 bits per heavy atom. The maximum absolute atomic E-state index is 12.9. The van der Waals surface area contributed by atoms with Crippen LogP contribution in [0, 0.1) is 30.1 Å². The molecule has 0 spiro atoms. The van der Waals surface area contributed by atoms with E-state index in [1.165, 1.54) is 19.3 Å². The lowest BCUT2D eigenvalue weighted by molar-refractivity contribution is -0.140. The molecule has 0 heterocycles. The lowest BCUT2D eigenvalue weighted by atomic mass is 9.49. The minimum atomic E-state index is -0.112. The summed E-state index contributed by atoms with van der Waals surface area (Å²) in [6.07, 6.45) is 7.31. The summed E-state index contributed by atoms with van der Waals surface area (Å²) < 4.78 is 0. The van der Waals surface area contributed by atoms with Crippen LogP contribution in [0.5, 0.6) is 5.75 Å². The average Bonchev–Trinajstić information content (AvgIpc) is 2.40. The fourth-order valence-electron chi connectivity index (χ4n) is 5.43. The van der Waals surface area contributed by atoms with Crippen molar-refractivity contribution in [2.24, 2.45) is 23.2 Å². The average molecular weight is 285 g/mol. The maximum atomic E-state index is 12.9. The van der Waals surface area contributed by atoms with Gasteiger partial charge in [-0.05, 0) is 87.0 Å². The molecule has 4 saturated carbocycles. The number of amides is 1. The molecule has 21 heavy (non-hydrogen) atoms. The lowest BCUT2D eigenvalue weighted by Gasteiger charge is -2.55. The Labute approximate surface area is 125 Å². The van der Waals surface area contributed by atoms with Crippen molar-refractivity contribution < 1.29 is 9.90 Å². The Balaban J connectivity index is 1.57. The Bertz CT molecular complexity index is 558. The number of benzene rings is 1. The molecule has 0 unspecified atom stereocenters. The zero-order valence-electron chi connectivity index (χ0n) is 12.6. The van der Waals surface area contributed by atoms with Gasteiger partial charge < -0.3 is 10.4 Å². The third-order valence-corrected chi connectivity index (χ3v) is 5.98. The van der Waals surface area contributed by atoms with Gasteiger partial charge in [0.2, 0.25) is 5.91 Å².